The lowest BCUT2D eigenvalue weighted by molar-refractivity contribution is 0.0594. The van der Waals surface area contributed by atoms with Crippen LogP contribution in [0.25, 0.3) is 16.7 Å². The third-order valence-electron chi connectivity index (χ3n) is 3.70. The van der Waals surface area contributed by atoms with Crippen LogP contribution in [-0.4, -0.2) is 51.8 Å². The fourth-order valence-electron chi connectivity index (χ4n) is 2.46. The number of thioether (sulfide) groups is 1. The van der Waals surface area contributed by atoms with Crippen LogP contribution >= 0.6 is 11.8 Å². The summed E-state index contributed by atoms with van der Waals surface area (Å²) in [5, 5.41) is 10.6. The Hall–Kier alpha value is -2.29. The number of rotatable bonds is 9. The van der Waals surface area contributed by atoms with Crippen LogP contribution in [0.15, 0.2) is 46.5 Å². The lowest BCUT2D eigenvalue weighted by Crippen LogP contribution is -2.21. The highest BCUT2D eigenvalue weighted by Gasteiger charge is 2.14. The number of nitrogens with one attached hydrogen (secondary N) is 1. The summed E-state index contributed by atoms with van der Waals surface area (Å²) in [6.07, 6.45) is 1.70. The van der Waals surface area contributed by atoms with E-state index in [0.717, 1.165) is 0 Å². The van der Waals surface area contributed by atoms with E-state index >= 15 is 0 Å². The van der Waals surface area contributed by atoms with Crippen LogP contribution in [0.3, 0.4) is 0 Å². The maximum absolute atomic E-state index is 12.9. The number of hydrogen-bond acceptors (Lipinski definition) is 6. The number of aromatic hydroxyl groups is 1. The smallest absolute Gasteiger partial charge is 0.268 e. The van der Waals surface area contributed by atoms with Gasteiger partial charge in [-0.25, -0.2) is 4.98 Å². The molecule has 0 saturated carbocycles. The molecule has 2 heterocycles. The van der Waals surface area contributed by atoms with Gasteiger partial charge in [-0.05, 0) is 37.3 Å². The summed E-state index contributed by atoms with van der Waals surface area (Å²) in [4.78, 5) is 20.4. The van der Waals surface area contributed by atoms with Crippen molar-refractivity contribution in [1.29, 1.82) is 0 Å². The lowest BCUT2D eigenvalue weighted by atomic mass is 10.3. The minimum absolute atomic E-state index is 0.148. The first-order valence-corrected chi connectivity index (χ1v) is 9.37. The van der Waals surface area contributed by atoms with Crippen LogP contribution in [0.5, 0.6) is 5.75 Å². The quantitative estimate of drug-likeness (QED) is 0.339. The normalized spacial score (nSPS) is 11.3. The predicted molar refractivity (Wildman–Crippen MR) is 101 cm³/mol. The topological polar surface area (TPSA) is 89.4 Å². The van der Waals surface area contributed by atoms with Gasteiger partial charge in [-0.1, -0.05) is 11.8 Å². The van der Waals surface area contributed by atoms with E-state index in [1.165, 1.54) is 11.8 Å². The molecular formula is C18H21N3O4S. The van der Waals surface area contributed by atoms with Gasteiger partial charge < -0.3 is 19.6 Å². The number of phenols is 1. The first kappa shape index (κ1) is 18.5. The van der Waals surface area contributed by atoms with Crippen molar-refractivity contribution in [1.82, 2.24) is 14.5 Å². The van der Waals surface area contributed by atoms with Gasteiger partial charge in [-0.2, -0.15) is 0 Å². The average molecular weight is 375 g/mol. The molecule has 7 nitrogen and oxygen atoms in total. The molecule has 2 aromatic heterocycles. The Morgan fingerprint density at radius 3 is 2.69 bits per heavy atom. The zero-order valence-electron chi connectivity index (χ0n) is 14.5. The molecule has 0 saturated heterocycles. The molecule has 0 atom stereocenters. The first-order valence-electron chi connectivity index (χ1n) is 8.38. The fraction of sp³-hybridized carbons (Fsp3) is 0.333. The molecule has 1 aromatic carbocycles. The molecule has 8 heteroatoms. The molecule has 0 aliphatic rings. The molecule has 0 fully saturated rings. The van der Waals surface area contributed by atoms with Crippen molar-refractivity contribution in [3.05, 3.63) is 46.9 Å². The van der Waals surface area contributed by atoms with Crippen LogP contribution in [0, 0.1) is 0 Å². The maximum atomic E-state index is 12.9. The van der Waals surface area contributed by atoms with Crippen molar-refractivity contribution in [2.45, 2.75) is 12.1 Å². The van der Waals surface area contributed by atoms with Crippen LogP contribution in [0.2, 0.25) is 0 Å². The largest absolute Gasteiger partial charge is 0.508 e. The second-order valence-electron chi connectivity index (χ2n) is 5.45. The summed E-state index contributed by atoms with van der Waals surface area (Å²) in [6, 6.07) is 8.20. The van der Waals surface area contributed by atoms with Crippen LogP contribution in [0.4, 0.5) is 0 Å². The average Bonchev–Trinajstić information content (AvgIpc) is 3.11. The summed E-state index contributed by atoms with van der Waals surface area (Å²) in [7, 11) is 0. The van der Waals surface area contributed by atoms with Crippen LogP contribution in [0.1, 0.15) is 6.92 Å². The van der Waals surface area contributed by atoms with Gasteiger partial charge in [0.1, 0.15) is 11.4 Å². The lowest BCUT2D eigenvalue weighted by Gasteiger charge is -2.12. The van der Waals surface area contributed by atoms with Gasteiger partial charge in [0.15, 0.2) is 5.16 Å². The zero-order valence-corrected chi connectivity index (χ0v) is 15.3. The third-order valence-corrected chi connectivity index (χ3v) is 4.60. The van der Waals surface area contributed by atoms with E-state index in [-0.39, 0.29) is 11.3 Å². The highest BCUT2D eigenvalue weighted by Crippen LogP contribution is 2.22. The first-order chi connectivity index (χ1) is 12.7. The Morgan fingerprint density at radius 1 is 1.15 bits per heavy atom. The fourth-order valence-corrected chi connectivity index (χ4v) is 3.32. The number of nitrogens with zero attached hydrogens (tertiary/aromatic N) is 2. The monoisotopic (exact) mass is 375 g/mol. The van der Waals surface area contributed by atoms with Gasteiger partial charge in [0, 0.05) is 18.6 Å². The van der Waals surface area contributed by atoms with Crippen LogP contribution in [-0.2, 0) is 9.47 Å². The van der Waals surface area contributed by atoms with E-state index in [2.05, 4.69) is 9.97 Å². The minimum atomic E-state index is -0.151. The Balaban J connectivity index is 1.80. The number of H-pyrrole nitrogens is 1. The Labute approximate surface area is 155 Å². The highest BCUT2D eigenvalue weighted by molar-refractivity contribution is 7.99. The van der Waals surface area contributed by atoms with Gasteiger partial charge in [0.05, 0.1) is 30.9 Å². The van der Waals surface area contributed by atoms with Crippen molar-refractivity contribution in [2.24, 2.45) is 0 Å². The van der Waals surface area contributed by atoms with Gasteiger partial charge in [0.2, 0.25) is 0 Å². The standard InChI is InChI=1S/C18H21N3O4S/c1-2-24-9-10-25-11-12-26-18-20-16-15(7-8-19-16)17(23)21(18)13-3-5-14(22)6-4-13/h3-8,19,22H,2,9-12H2,1H3. The van der Waals surface area contributed by atoms with E-state index in [9.17, 15) is 9.90 Å². The van der Waals surface area contributed by atoms with Crippen molar-refractivity contribution >= 4 is 22.8 Å². The molecule has 0 amide bonds. The minimum Gasteiger partial charge on any atom is -0.508 e. The molecule has 0 bridgehead atoms. The van der Waals surface area contributed by atoms with E-state index in [0.29, 0.717) is 54.1 Å². The summed E-state index contributed by atoms with van der Waals surface area (Å²) < 4.78 is 12.3. The Bertz CT molecular complexity index is 905. The molecule has 0 aliphatic carbocycles. The van der Waals surface area contributed by atoms with Crippen molar-refractivity contribution in [3.63, 3.8) is 0 Å². The summed E-state index contributed by atoms with van der Waals surface area (Å²) in [6.45, 7) is 4.28. The summed E-state index contributed by atoms with van der Waals surface area (Å²) in [5.41, 5.74) is 1.06. The molecule has 2 N–H and O–H groups in total. The number of ether oxygens (including phenoxy) is 2. The van der Waals surface area contributed by atoms with Gasteiger partial charge >= 0.3 is 0 Å². The van der Waals surface area contributed by atoms with Crippen LogP contribution < -0.4 is 5.56 Å². The second-order valence-corrected chi connectivity index (χ2v) is 6.51. The van der Waals surface area contributed by atoms with E-state index in [4.69, 9.17) is 9.47 Å². The molecule has 26 heavy (non-hydrogen) atoms. The van der Waals surface area contributed by atoms with E-state index in [1.807, 2.05) is 6.92 Å². The molecule has 3 aromatic rings. The predicted octanol–water partition coefficient (Wildman–Crippen LogP) is 2.56. The van der Waals surface area contributed by atoms with Crippen molar-refractivity contribution in [3.8, 4) is 11.4 Å². The molecule has 0 unspecified atom stereocenters. The van der Waals surface area contributed by atoms with E-state index < -0.39 is 0 Å². The zero-order chi connectivity index (χ0) is 18.4. The molecule has 138 valence electrons. The van der Waals surface area contributed by atoms with Crippen molar-refractivity contribution < 1.29 is 14.6 Å². The SMILES string of the molecule is CCOCCOCCSc1nc2[nH]ccc2c(=O)n1-c1ccc(O)cc1. The summed E-state index contributed by atoms with van der Waals surface area (Å²) >= 11 is 1.45. The second kappa shape index (κ2) is 8.88. The Kier molecular flexibility index (Phi) is 6.32. The number of hydrogen-bond donors (Lipinski definition) is 2. The van der Waals surface area contributed by atoms with Crippen molar-refractivity contribution in [2.75, 3.05) is 32.2 Å². The summed E-state index contributed by atoms with van der Waals surface area (Å²) in [5.74, 6) is 0.803. The number of aromatic amines is 1. The highest BCUT2D eigenvalue weighted by atomic mass is 32.2. The maximum Gasteiger partial charge on any atom is 0.268 e. The number of aromatic nitrogens is 3. The van der Waals surface area contributed by atoms with Gasteiger partial charge in [-0.15, -0.1) is 0 Å². The third kappa shape index (κ3) is 4.27. The number of phenolic OH excluding ortho intramolecular Hbond substituents is 1. The number of benzene rings is 1. The Morgan fingerprint density at radius 2 is 1.92 bits per heavy atom. The molecule has 0 radical (unpaired) electrons. The van der Waals surface area contributed by atoms with Gasteiger partial charge in [-0.3, -0.25) is 9.36 Å². The number of fused-ring (bicyclic) bond motifs is 1. The molecular weight excluding hydrogens is 354 g/mol. The van der Waals surface area contributed by atoms with Gasteiger partial charge in [0.25, 0.3) is 5.56 Å². The molecule has 3 rings (SSSR count). The molecule has 0 aliphatic heterocycles. The van der Waals surface area contributed by atoms with E-state index in [1.54, 1.807) is 41.1 Å². The molecule has 0 spiro atoms.